The molecule has 0 saturated carbocycles. The number of nitrogens with one attached hydrogen (secondary N) is 1. The molecule has 1 aromatic rings. The molecule has 0 radical (unpaired) electrons. The Hall–Kier alpha value is -1.14. The topological polar surface area (TPSA) is 55.4 Å². The summed E-state index contributed by atoms with van der Waals surface area (Å²) in [6.07, 6.45) is 1.67. The maximum Gasteiger partial charge on any atom is 0.150 e. The fourth-order valence-electron chi connectivity index (χ4n) is 3.12. The van der Waals surface area contributed by atoms with Gasteiger partial charge in [-0.05, 0) is 13.1 Å². The summed E-state index contributed by atoms with van der Waals surface area (Å²) < 4.78 is 42.6. The Morgan fingerprint density at radius 2 is 2.05 bits per heavy atom. The van der Waals surface area contributed by atoms with Crippen molar-refractivity contribution >= 4 is 9.84 Å². The molecule has 0 aliphatic carbocycles. The van der Waals surface area contributed by atoms with Crippen molar-refractivity contribution < 1.29 is 17.5 Å². The average molecular weight is 299 g/mol. The summed E-state index contributed by atoms with van der Waals surface area (Å²) in [5.74, 6) is 0.497. The number of rotatable bonds is 1. The maximum atomic E-state index is 13.4. The monoisotopic (exact) mass is 299 g/mol. The second-order valence-corrected chi connectivity index (χ2v) is 7.97. The molecule has 1 saturated heterocycles. The molecule has 6 heteroatoms. The van der Waals surface area contributed by atoms with Gasteiger partial charge in [0.15, 0.2) is 9.84 Å². The van der Waals surface area contributed by atoms with E-state index in [1.165, 1.54) is 12.1 Å². The van der Waals surface area contributed by atoms with Crippen LogP contribution in [0.4, 0.5) is 4.39 Å². The fourth-order valence-corrected chi connectivity index (χ4v) is 4.69. The largest absolute Gasteiger partial charge is 0.487 e. The van der Waals surface area contributed by atoms with E-state index < -0.39 is 15.4 Å². The number of fused-ring (bicyclic) bond motifs is 1. The second kappa shape index (κ2) is 4.70. The lowest BCUT2D eigenvalue weighted by Crippen LogP contribution is -2.49. The van der Waals surface area contributed by atoms with Gasteiger partial charge in [0.2, 0.25) is 0 Å². The molecule has 1 N–H and O–H groups in total. The number of benzene rings is 1. The summed E-state index contributed by atoms with van der Waals surface area (Å²) in [5, 5.41) is 3.22. The molecule has 1 aromatic carbocycles. The van der Waals surface area contributed by atoms with Gasteiger partial charge < -0.3 is 10.1 Å². The van der Waals surface area contributed by atoms with Crippen LogP contribution in [0.5, 0.6) is 5.75 Å². The van der Waals surface area contributed by atoms with Crippen LogP contribution in [-0.2, 0) is 9.84 Å². The third-order valence-electron chi connectivity index (χ3n) is 4.34. The molecule has 0 aromatic heterocycles. The zero-order valence-corrected chi connectivity index (χ0v) is 12.2. The number of hydrogen-bond acceptors (Lipinski definition) is 4. The van der Waals surface area contributed by atoms with Crippen LogP contribution in [0.2, 0.25) is 0 Å². The van der Waals surface area contributed by atoms with E-state index in [9.17, 15) is 12.8 Å². The zero-order valence-electron chi connectivity index (χ0n) is 11.4. The van der Waals surface area contributed by atoms with Gasteiger partial charge in [0.05, 0.1) is 11.5 Å². The summed E-state index contributed by atoms with van der Waals surface area (Å²) in [7, 11) is -1.08. The molecule has 0 bridgehead atoms. The number of hydrogen-bond donors (Lipinski definition) is 1. The highest BCUT2D eigenvalue weighted by Gasteiger charge is 2.44. The predicted octanol–water partition coefficient (Wildman–Crippen LogP) is 1.82. The van der Waals surface area contributed by atoms with Gasteiger partial charge in [0.1, 0.15) is 17.2 Å². The van der Waals surface area contributed by atoms with E-state index in [0.717, 1.165) is 12.0 Å². The molecule has 0 amide bonds. The van der Waals surface area contributed by atoms with Crippen LogP contribution in [0.25, 0.3) is 0 Å². The van der Waals surface area contributed by atoms with Crippen LogP contribution in [0.1, 0.15) is 30.9 Å². The van der Waals surface area contributed by atoms with Crippen molar-refractivity contribution in [3.05, 3.63) is 29.6 Å². The minimum Gasteiger partial charge on any atom is -0.487 e. The summed E-state index contributed by atoms with van der Waals surface area (Å²) >= 11 is 0. The SMILES string of the molecule is CNC1CC2(CCS(=O)(=O)CC2)Oc2cc(F)ccc21. The molecule has 1 atom stereocenters. The highest BCUT2D eigenvalue weighted by Crippen LogP contribution is 2.44. The molecular weight excluding hydrogens is 281 g/mol. The van der Waals surface area contributed by atoms with Crippen LogP contribution in [0.3, 0.4) is 0 Å². The number of halogens is 1. The van der Waals surface area contributed by atoms with E-state index in [4.69, 9.17) is 4.74 Å². The third kappa shape index (κ3) is 2.42. The molecule has 3 rings (SSSR count). The Kier molecular flexibility index (Phi) is 3.25. The summed E-state index contributed by atoms with van der Waals surface area (Å²) in [4.78, 5) is 0. The van der Waals surface area contributed by atoms with Gasteiger partial charge >= 0.3 is 0 Å². The van der Waals surface area contributed by atoms with Crippen molar-refractivity contribution in [1.82, 2.24) is 5.32 Å². The molecule has 110 valence electrons. The van der Waals surface area contributed by atoms with Crippen LogP contribution >= 0.6 is 0 Å². The molecule has 1 unspecified atom stereocenters. The van der Waals surface area contributed by atoms with E-state index in [0.29, 0.717) is 18.6 Å². The van der Waals surface area contributed by atoms with Gasteiger partial charge in [-0.15, -0.1) is 0 Å². The Bertz CT molecular complexity index is 615. The van der Waals surface area contributed by atoms with Crippen LogP contribution in [0, 0.1) is 5.82 Å². The normalized spacial score (nSPS) is 26.8. The molecule has 4 nitrogen and oxygen atoms in total. The van der Waals surface area contributed by atoms with Crippen molar-refractivity contribution in [2.24, 2.45) is 0 Å². The van der Waals surface area contributed by atoms with E-state index in [-0.39, 0.29) is 23.4 Å². The van der Waals surface area contributed by atoms with Gasteiger partial charge in [-0.2, -0.15) is 0 Å². The molecule has 2 heterocycles. The Morgan fingerprint density at radius 1 is 1.35 bits per heavy atom. The van der Waals surface area contributed by atoms with Crippen molar-refractivity contribution in [1.29, 1.82) is 0 Å². The highest BCUT2D eigenvalue weighted by atomic mass is 32.2. The fraction of sp³-hybridized carbons (Fsp3) is 0.571. The summed E-state index contributed by atoms with van der Waals surface area (Å²) in [5.41, 5.74) is 0.452. The quantitative estimate of drug-likeness (QED) is 0.859. The Balaban J connectivity index is 1.94. The standard InChI is InChI=1S/C14H18FNO3S/c1-16-12-9-14(4-6-20(17,18)7-5-14)19-13-8-10(15)2-3-11(12)13/h2-3,8,12,16H,4-7,9H2,1H3. The first-order chi connectivity index (χ1) is 9.43. The Labute approximate surface area is 118 Å². The Morgan fingerprint density at radius 3 is 2.70 bits per heavy atom. The van der Waals surface area contributed by atoms with Crippen LogP contribution in [0.15, 0.2) is 18.2 Å². The van der Waals surface area contributed by atoms with E-state index in [1.54, 1.807) is 6.07 Å². The van der Waals surface area contributed by atoms with Gasteiger partial charge in [0.25, 0.3) is 0 Å². The lowest BCUT2D eigenvalue weighted by molar-refractivity contribution is 0.0218. The summed E-state index contributed by atoms with van der Waals surface area (Å²) in [6.45, 7) is 0. The van der Waals surface area contributed by atoms with Gasteiger partial charge in [-0.3, -0.25) is 0 Å². The minimum absolute atomic E-state index is 0.0696. The molecule has 1 spiro atoms. The smallest absolute Gasteiger partial charge is 0.150 e. The van der Waals surface area contributed by atoms with Crippen molar-refractivity contribution in [2.45, 2.75) is 30.9 Å². The molecule has 2 aliphatic rings. The van der Waals surface area contributed by atoms with Crippen molar-refractivity contribution in [3.63, 3.8) is 0 Å². The van der Waals surface area contributed by atoms with Crippen molar-refractivity contribution in [2.75, 3.05) is 18.6 Å². The third-order valence-corrected chi connectivity index (χ3v) is 5.99. The zero-order chi connectivity index (χ0) is 14.4. The highest BCUT2D eigenvalue weighted by molar-refractivity contribution is 7.91. The first-order valence-electron chi connectivity index (χ1n) is 6.79. The van der Waals surface area contributed by atoms with Gasteiger partial charge in [-0.25, -0.2) is 12.8 Å². The lowest BCUT2D eigenvalue weighted by atomic mass is 9.83. The molecular formula is C14H18FNO3S. The molecule has 1 fully saturated rings. The number of sulfone groups is 1. The van der Waals surface area contributed by atoms with Crippen LogP contribution < -0.4 is 10.1 Å². The first kappa shape index (κ1) is 13.8. The first-order valence-corrected chi connectivity index (χ1v) is 8.61. The molecule has 20 heavy (non-hydrogen) atoms. The molecule has 2 aliphatic heterocycles. The average Bonchev–Trinajstić information content (AvgIpc) is 2.41. The van der Waals surface area contributed by atoms with Crippen LogP contribution in [-0.4, -0.2) is 32.6 Å². The maximum absolute atomic E-state index is 13.4. The second-order valence-electron chi connectivity index (χ2n) is 5.66. The van der Waals surface area contributed by atoms with E-state index in [1.807, 2.05) is 7.05 Å². The van der Waals surface area contributed by atoms with E-state index in [2.05, 4.69) is 5.32 Å². The van der Waals surface area contributed by atoms with Gasteiger partial charge in [-0.1, -0.05) is 6.07 Å². The summed E-state index contributed by atoms with van der Waals surface area (Å²) in [6, 6.07) is 4.62. The number of ether oxygens (including phenoxy) is 1. The lowest BCUT2D eigenvalue weighted by Gasteiger charge is -2.44. The predicted molar refractivity (Wildman–Crippen MR) is 74.1 cm³/mol. The van der Waals surface area contributed by atoms with Gasteiger partial charge in [0, 0.05) is 36.9 Å². The minimum atomic E-state index is -2.94. The van der Waals surface area contributed by atoms with Crippen molar-refractivity contribution in [3.8, 4) is 5.75 Å². The van der Waals surface area contributed by atoms with E-state index >= 15 is 0 Å².